The second kappa shape index (κ2) is 7.99. The van der Waals surface area contributed by atoms with E-state index < -0.39 is 6.10 Å². The highest BCUT2D eigenvalue weighted by atomic mass is 16.3. The molecular weight excluding hydrogens is 252 g/mol. The summed E-state index contributed by atoms with van der Waals surface area (Å²) in [4.78, 5) is 14.2. The summed E-state index contributed by atoms with van der Waals surface area (Å²) in [7, 11) is 4.20. The molecule has 1 atom stereocenters. The van der Waals surface area contributed by atoms with Gasteiger partial charge in [0.2, 0.25) is 5.91 Å². The van der Waals surface area contributed by atoms with E-state index in [9.17, 15) is 9.90 Å². The predicted octanol–water partition coefficient (Wildman–Crippen LogP) is 2.16. The molecule has 0 saturated heterocycles. The molecule has 0 radical (unpaired) electrons. The first kappa shape index (κ1) is 17.4. The summed E-state index contributed by atoms with van der Waals surface area (Å²) in [5.41, 5.74) is 0.0592. The van der Waals surface area contributed by atoms with Gasteiger partial charge in [-0.15, -0.1) is 0 Å². The second-order valence-electron chi connectivity index (χ2n) is 6.90. The SMILES string of the molecule is CC(C)CC(O)C(=O)NCC1(N(C)C)CCCCCC1. The number of rotatable bonds is 6. The number of nitrogens with zero attached hydrogens (tertiary/aromatic N) is 1. The number of carbonyl (C=O) groups is 1. The van der Waals surface area contributed by atoms with Crippen LogP contribution in [0.5, 0.6) is 0 Å². The average Bonchev–Trinajstić information content (AvgIpc) is 2.61. The molecule has 0 aliphatic heterocycles. The molecular formula is C16H32N2O2. The standard InChI is InChI=1S/C16H32N2O2/c1-13(2)11-14(19)15(20)17-12-16(18(3)4)9-7-5-6-8-10-16/h13-14,19H,5-12H2,1-4H3,(H,17,20). The molecule has 20 heavy (non-hydrogen) atoms. The minimum Gasteiger partial charge on any atom is -0.383 e. The fraction of sp³-hybridized carbons (Fsp3) is 0.938. The van der Waals surface area contributed by atoms with E-state index in [2.05, 4.69) is 24.3 Å². The molecule has 0 heterocycles. The van der Waals surface area contributed by atoms with Gasteiger partial charge in [-0.05, 0) is 39.3 Å². The van der Waals surface area contributed by atoms with E-state index in [1.54, 1.807) is 0 Å². The van der Waals surface area contributed by atoms with Crippen LogP contribution in [-0.4, -0.2) is 48.2 Å². The Morgan fingerprint density at radius 1 is 1.20 bits per heavy atom. The second-order valence-corrected chi connectivity index (χ2v) is 6.90. The number of aliphatic hydroxyl groups is 1. The summed E-state index contributed by atoms with van der Waals surface area (Å²) in [5.74, 6) is 0.112. The monoisotopic (exact) mass is 284 g/mol. The Labute approximate surface area is 123 Å². The van der Waals surface area contributed by atoms with Gasteiger partial charge >= 0.3 is 0 Å². The molecule has 4 heteroatoms. The van der Waals surface area contributed by atoms with Gasteiger partial charge in [0, 0.05) is 12.1 Å². The third-order valence-electron chi connectivity index (χ3n) is 4.57. The number of carbonyl (C=O) groups excluding carboxylic acids is 1. The summed E-state index contributed by atoms with van der Waals surface area (Å²) in [5, 5.41) is 12.8. The Morgan fingerprint density at radius 2 is 1.75 bits per heavy atom. The van der Waals surface area contributed by atoms with Crippen LogP contribution < -0.4 is 5.32 Å². The van der Waals surface area contributed by atoms with Crippen molar-refractivity contribution in [1.29, 1.82) is 0 Å². The lowest BCUT2D eigenvalue weighted by Crippen LogP contribution is -2.53. The Bertz CT molecular complexity index is 295. The zero-order chi connectivity index (χ0) is 15.2. The third-order valence-corrected chi connectivity index (χ3v) is 4.57. The van der Waals surface area contributed by atoms with Crippen molar-refractivity contribution < 1.29 is 9.90 Å². The van der Waals surface area contributed by atoms with Gasteiger partial charge < -0.3 is 15.3 Å². The van der Waals surface area contributed by atoms with E-state index in [0.717, 1.165) is 12.8 Å². The van der Waals surface area contributed by atoms with Crippen molar-refractivity contribution in [2.45, 2.75) is 70.4 Å². The minimum atomic E-state index is -0.875. The van der Waals surface area contributed by atoms with Crippen LogP contribution >= 0.6 is 0 Å². The first-order valence-electron chi connectivity index (χ1n) is 8.00. The van der Waals surface area contributed by atoms with Crippen LogP contribution in [-0.2, 0) is 4.79 Å². The maximum Gasteiger partial charge on any atom is 0.248 e. The predicted molar refractivity (Wildman–Crippen MR) is 82.6 cm³/mol. The number of hydrogen-bond acceptors (Lipinski definition) is 3. The lowest BCUT2D eigenvalue weighted by Gasteiger charge is -2.40. The molecule has 118 valence electrons. The summed E-state index contributed by atoms with van der Waals surface area (Å²) < 4.78 is 0. The molecule has 0 spiro atoms. The first-order valence-corrected chi connectivity index (χ1v) is 8.00. The largest absolute Gasteiger partial charge is 0.383 e. The topological polar surface area (TPSA) is 52.6 Å². The van der Waals surface area contributed by atoms with Crippen LogP contribution in [0.25, 0.3) is 0 Å². The van der Waals surface area contributed by atoms with Crippen LogP contribution in [0, 0.1) is 5.92 Å². The molecule has 1 unspecified atom stereocenters. The molecule has 1 fully saturated rings. The number of likely N-dealkylation sites (N-methyl/N-ethyl adjacent to an activating group) is 1. The molecule has 2 N–H and O–H groups in total. The van der Waals surface area contributed by atoms with Crippen molar-refractivity contribution in [2.75, 3.05) is 20.6 Å². The first-order chi connectivity index (χ1) is 9.37. The molecule has 0 aromatic rings. The number of nitrogens with one attached hydrogen (secondary N) is 1. The minimum absolute atomic E-state index is 0.0592. The highest BCUT2D eigenvalue weighted by molar-refractivity contribution is 5.80. The van der Waals surface area contributed by atoms with Crippen molar-refractivity contribution in [3.8, 4) is 0 Å². The highest BCUT2D eigenvalue weighted by Gasteiger charge is 2.34. The van der Waals surface area contributed by atoms with E-state index in [1.165, 1.54) is 25.7 Å². The van der Waals surface area contributed by atoms with Crippen molar-refractivity contribution in [1.82, 2.24) is 10.2 Å². The lowest BCUT2D eigenvalue weighted by atomic mass is 9.88. The van der Waals surface area contributed by atoms with Crippen LogP contribution in [0.15, 0.2) is 0 Å². The zero-order valence-electron chi connectivity index (χ0n) is 13.6. The maximum absolute atomic E-state index is 12.0. The Kier molecular flexibility index (Phi) is 6.96. The number of amides is 1. The molecule has 1 aliphatic rings. The van der Waals surface area contributed by atoms with Gasteiger partial charge in [0.25, 0.3) is 0 Å². The van der Waals surface area contributed by atoms with Crippen LogP contribution in [0.1, 0.15) is 58.8 Å². The van der Waals surface area contributed by atoms with Gasteiger partial charge in [0.15, 0.2) is 0 Å². The molecule has 4 nitrogen and oxygen atoms in total. The molecule has 0 bridgehead atoms. The lowest BCUT2D eigenvalue weighted by molar-refractivity contribution is -0.130. The van der Waals surface area contributed by atoms with E-state index >= 15 is 0 Å². The summed E-state index contributed by atoms with van der Waals surface area (Å²) in [6, 6.07) is 0. The summed E-state index contributed by atoms with van der Waals surface area (Å²) >= 11 is 0. The van der Waals surface area contributed by atoms with Crippen LogP contribution in [0.2, 0.25) is 0 Å². The smallest absolute Gasteiger partial charge is 0.248 e. The number of aliphatic hydroxyl groups excluding tert-OH is 1. The van der Waals surface area contributed by atoms with Crippen molar-refractivity contribution >= 4 is 5.91 Å². The van der Waals surface area contributed by atoms with Crippen LogP contribution in [0.3, 0.4) is 0 Å². The highest BCUT2D eigenvalue weighted by Crippen LogP contribution is 2.30. The summed E-state index contributed by atoms with van der Waals surface area (Å²) in [6.07, 6.45) is 6.94. The van der Waals surface area contributed by atoms with Gasteiger partial charge in [0.1, 0.15) is 6.10 Å². The fourth-order valence-electron chi connectivity index (χ4n) is 3.09. The Balaban J connectivity index is 2.56. The van der Waals surface area contributed by atoms with Crippen molar-refractivity contribution in [3.05, 3.63) is 0 Å². The van der Waals surface area contributed by atoms with Gasteiger partial charge in [-0.25, -0.2) is 0 Å². The molecule has 0 aromatic carbocycles. The van der Waals surface area contributed by atoms with E-state index in [0.29, 0.717) is 18.9 Å². The number of hydrogen-bond donors (Lipinski definition) is 2. The molecule has 0 aromatic heterocycles. The third kappa shape index (κ3) is 5.06. The molecule has 1 amide bonds. The van der Waals surface area contributed by atoms with E-state index in [1.807, 2.05) is 13.8 Å². The quantitative estimate of drug-likeness (QED) is 0.735. The van der Waals surface area contributed by atoms with Gasteiger partial charge in [-0.2, -0.15) is 0 Å². The normalized spacial score (nSPS) is 20.8. The van der Waals surface area contributed by atoms with E-state index in [-0.39, 0.29) is 11.4 Å². The zero-order valence-corrected chi connectivity index (χ0v) is 13.6. The average molecular weight is 284 g/mol. The summed E-state index contributed by atoms with van der Waals surface area (Å²) in [6.45, 7) is 4.68. The van der Waals surface area contributed by atoms with E-state index in [4.69, 9.17) is 0 Å². The fourth-order valence-corrected chi connectivity index (χ4v) is 3.09. The molecule has 1 aliphatic carbocycles. The molecule has 1 rings (SSSR count). The maximum atomic E-state index is 12.0. The van der Waals surface area contributed by atoms with Gasteiger partial charge in [-0.3, -0.25) is 4.79 Å². The Hall–Kier alpha value is -0.610. The Morgan fingerprint density at radius 3 is 2.20 bits per heavy atom. The molecule has 1 saturated carbocycles. The van der Waals surface area contributed by atoms with Crippen molar-refractivity contribution in [3.63, 3.8) is 0 Å². The van der Waals surface area contributed by atoms with Crippen LogP contribution in [0.4, 0.5) is 0 Å². The van der Waals surface area contributed by atoms with Gasteiger partial charge in [-0.1, -0.05) is 39.5 Å². The van der Waals surface area contributed by atoms with Crippen molar-refractivity contribution in [2.24, 2.45) is 5.92 Å². The van der Waals surface area contributed by atoms with Gasteiger partial charge in [0.05, 0.1) is 0 Å².